The number of nitrogens with zero attached hydrogens (tertiary/aromatic N) is 3. The third kappa shape index (κ3) is 3.12. The van der Waals surface area contributed by atoms with Crippen molar-refractivity contribution in [2.75, 3.05) is 26.8 Å². The summed E-state index contributed by atoms with van der Waals surface area (Å²) >= 11 is 0. The zero-order chi connectivity index (χ0) is 18.4. The molecule has 4 bridgehead atoms. The van der Waals surface area contributed by atoms with Gasteiger partial charge in [0.25, 0.3) is 0 Å². The fourth-order valence-corrected chi connectivity index (χ4v) is 7.14. The summed E-state index contributed by atoms with van der Waals surface area (Å²) in [6.45, 7) is 3.33. The number of carbonyl (C=O) groups excluding carboxylic acids is 1. The number of rotatable bonds is 5. The van der Waals surface area contributed by atoms with Crippen molar-refractivity contribution in [3.8, 4) is 0 Å². The Labute approximate surface area is 162 Å². The van der Waals surface area contributed by atoms with E-state index in [0.717, 1.165) is 56.1 Å². The third-order valence-corrected chi connectivity index (χ3v) is 7.85. The molecule has 1 atom stereocenters. The molecule has 0 spiro atoms. The van der Waals surface area contributed by atoms with Crippen molar-refractivity contribution >= 4 is 5.91 Å². The molecule has 1 aromatic heterocycles. The van der Waals surface area contributed by atoms with Gasteiger partial charge in [-0.05, 0) is 69.1 Å². The number of likely N-dealkylation sites (tertiary alicyclic amines) is 1. The minimum atomic E-state index is -0.0118. The second kappa shape index (κ2) is 6.91. The summed E-state index contributed by atoms with van der Waals surface area (Å²) in [5.74, 6) is 4.47. The van der Waals surface area contributed by atoms with E-state index in [0.29, 0.717) is 18.4 Å². The van der Waals surface area contributed by atoms with E-state index in [-0.39, 0.29) is 5.41 Å². The Balaban J connectivity index is 1.31. The van der Waals surface area contributed by atoms with E-state index in [1.165, 1.54) is 38.5 Å². The van der Waals surface area contributed by atoms with Crippen molar-refractivity contribution in [3.63, 3.8) is 0 Å². The number of hydrogen-bond donors (Lipinski definition) is 0. The number of aromatic nitrogens is 2. The largest absolute Gasteiger partial charge is 0.383 e. The van der Waals surface area contributed by atoms with Gasteiger partial charge in [-0.2, -0.15) is 0 Å². The van der Waals surface area contributed by atoms with Crippen LogP contribution in [0.1, 0.15) is 63.1 Å². The average molecular weight is 372 g/mol. The fraction of sp³-hybridized carbons (Fsp3) is 0.818. The molecule has 27 heavy (non-hydrogen) atoms. The molecule has 0 unspecified atom stereocenters. The van der Waals surface area contributed by atoms with Gasteiger partial charge in [-0.3, -0.25) is 4.79 Å². The number of hydrogen-bond acceptors (Lipinski definition) is 3. The lowest BCUT2D eigenvalue weighted by Crippen LogP contribution is -2.56. The number of amides is 1. The van der Waals surface area contributed by atoms with Crippen LogP contribution in [0.2, 0.25) is 0 Å². The highest BCUT2D eigenvalue weighted by Crippen LogP contribution is 2.60. The summed E-state index contributed by atoms with van der Waals surface area (Å²) in [5.41, 5.74) is -0.0118. The molecule has 1 amide bonds. The molecule has 5 heteroatoms. The van der Waals surface area contributed by atoms with E-state index < -0.39 is 0 Å². The summed E-state index contributed by atoms with van der Waals surface area (Å²) in [6, 6.07) is 0. The highest BCUT2D eigenvalue weighted by Gasteiger charge is 2.55. The zero-order valence-corrected chi connectivity index (χ0v) is 16.6. The maximum atomic E-state index is 13.7. The maximum absolute atomic E-state index is 13.7. The van der Waals surface area contributed by atoms with Crippen LogP contribution in [0.25, 0.3) is 0 Å². The highest BCUT2D eigenvalue weighted by atomic mass is 16.5. The monoisotopic (exact) mass is 371 g/mol. The number of piperidine rings is 1. The smallest absolute Gasteiger partial charge is 0.228 e. The van der Waals surface area contributed by atoms with Crippen LogP contribution in [0.15, 0.2) is 12.4 Å². The van der Waals surface area contributed by atoms with Gasteiger partial charge in [-0.15, -0.1) is 0 Å². The lowest BCUT2D eigenvalue weighted by molar-refractivity contribution is -0.159. The molecule has 148 valence electrons. The Bertz CT molecular complexity index is 662. The maximum Gasteiger partial charge on any atom is 0.228 e. The Morgan fingerprint density at radius 2 is 1.93 bits per heavy atom. The molecular weight excluding hydrogens is 338 g/mol. The molecule has 2 heterocycles. The first-order valence-electron chi connectivity index (χ1n) is 11.0. The topological polar surface area (TPSA) is 47.4 Å². The Morgan fingerprint density at radius 3 is 2.59 bits per heavy atom. The summed E-state index contributed by atoms with van der Waals surface area (Å²) in [5, 5.41) is 0. The minimum Gasteiger partial charge on any atom is -0.383 e. The number of ether oxygens (including phenoxy) is 1. The van der Waals surface area contributed by atoms with Crippen molar-refractivity contribution in [2.24, 2.45) is 23.2 Å². The third-order valence-electron chi connectivity index (χ3n) is 7.85. The van der Waals surface area contributed by atoms with Gasteiger partial charge in [-0.25, -0.2) is 4.98 Å². The SMILES string of the molecule is COCCn1ccnc1[C@H]1CCCN(C(=O)C23CC4CC(CC(C4)C2)C3)C1. The number of methoxy groups -OCH3 is 1. The van der Waals surface area contributed by atoms with Gasteiger partial charge in [0.05, 0.1) is 12.0 Å². The first-order valence-corrected chi connectivity index (χ1v) is 11.0. The first kappa shape index (κ1) is 17.7. The molecule has 0 aromatic carbocycles. The van der Waals surface area contributed by atoms with Gasteiger partial charge < -0.3 is 14.2 Å². The molecule has 0 radical (unpaired) electrons. The van der Waals surface area contributed by atoms with Crippen LogP contribution >= 0.6 is 0 Å². The van der Waals surface area contributed by atoms with E-state index in [1.807, 2.05) is 12.4 Å². The van der Waals surface area contributed by atoms with Gasteiger partial charge in [0.15, 0.2) is 0 Å². The van der Waals surface area contributed by atoms with Crippen LogP contribution in [-0.2, 0) is 16.1 Å². The quantitative estimate of drug-likeness (QED) is 0.796. The molecule has 4 aliphatic carbocycles. The van der Waals surface area contributed by atoms with E-state index in [9.17, 15) is 4.79 Å². The van der Waals surface area contributed by atoms with E-state index in [1.54, 1.807) is 7.11 Å². The zero-order valence-electron chi connectivity index (χ0n) is 16.6. The average Bonchev–Trinajstić information content (AvgIpc) is 3.13. The van der Waals surface area contributed by atoms with Crippen LogP contribution in [0, 0.1) is 23.2 Å². The molecular formula is C22H33N3O2. The standard InChI is InChI=1S/C22H33N3O2/c1-27-8-7-24-6-4-23-20(24)19-3-2-5-25(15-19)21(26)22-12-16-9-17(13-22)11-18(10-16)14-22/h4,6,16-19H,2-3,5,7-15H2,1H3/t16?,17?,18?,19-,22?/m0/s1. The Morgan fingerprint density at radius 1 is 1.22 bits per heavy atom. The number of imidazole rings is 1. The van der Waals surface area contributed by atoms with Crippen molar-refractivity contribution in [1.29, 1.82) is 0 Å². The fourth-order valence-electron chi connectivity index (χ4n) is 7.14. The van der Waals surface area contributed by atoms with Crippen molar-refractivity contribution in [2.45, 2.75) is 63.8 Å². The molecule has 5 fully saturated rings. The predicted molar refractivity (Wildman–Crippen MR) is 103 cm³/mol. The summed E-state index contributed by atoms with van der Waals surface area (Å²) in [6.07, 6.45) is 13.9. The molecule has 1 aromatic rings. The van der Waals surface area contributed by atoms with Crippen LogP contribution in [-0.4, -0.2) is 47.2 Å². The van der Waals surface area contributed by atoms with Crippen LogP contribution in [0.5, 0.6) is 0 Å². The molecule has 5 nitrogen and oxygen atoms in total. The van der Waals surface area contributed by atoms with Crippen molar-refractivity contribution in [1.82, 2.24) is 14.5 Å². The normalized spacial score (nSPS) is 37.7. The lowest BCUT2D eigenvalue weighted by atomic mass is 9.49. The van der Waals surface area contributed by atoms with Gasteiger partial charge in [0, 0.05) is 45.1 Å². The van der Waals surface area contributed by atoms with E-state index in [2.05, 4.69) is 14.5 Å². The van der Waals surface area contributed by atoms with Crippen molar-refractivity contribution < 1.29 is 9.53 Å². The lowest BCUT2D eigenvalue weighted by Gasteiger charge is -2.57. The highest BCUT2D eigenvalue weighted by molar-refractivity contribution is 5.83. The minimum absolute atomic E-state index is 0.0118. The molecule has 1 saturated heterocycles. The van der Waals surface area contributed by atoms with Crippen LogP contribution in [0.4, 0.5) is 0 Å². The van der Waals surface area contributed by atoms with E-state index in [4.69, 9.17) is 4.74 Å². The summed E-state index contributed by atoms with van der Waals surface area (Å²) in [7, 11) is 1.74. The molecule has 4 saturated carbocycles. The molecule has 0 N–H and O–H groups in total. The van der Waals surface area contributed by atoms with Gasteiger partial charge in [0.2, 0.25) is 5.91 Å². The Hall–Kier alpha value is -1.36. The van der Waals surface area contributed by atoms with Crippen molar-refractivity contribution in [3.05, 3.63) is 18.2 Å². The summed E-state index contributed by atoms with van der Waals surface area (Å²) in [4.78, 5) is 20.6. The van der Waals surface area contributed by atoms with Crippen LogP contribution < -0.4 is 0 Å². The second-order valence-corrected chi connectivity index (χ2v) is 9.76. The van der Waals surface area contributed by atoms with Crippen LogP contribution in [0.3, 0.4) is 0 Å². The molecule has 5 aliphatic rings. The number of carbonyl (C=O) groups is 1. The molecule has 1 aliphatic heterocycles. The summed E-state index contributed by atoms with van der Waals surface area (Å²) < 4.78 is 7.46. The second-order valence-electron chi connectivity index (χ2n) is 9.76. The van der Waals surface area contributed by atoms with E-state index >= 15 is 0 Å². The molecule has 6 rings (SSSR count). The van der Waals surface area contributed by atoms with Gasteiger partial charge >= 0.3 is 0 Å². The Kier molecular flexibility index (Phi) is 4.53. The first-order chi connectivity index (χ1) is 13.2. The predicted octanol–water partition coefficient (Wildman–Crippen LogP) is 3.45. The van der Waals surface area contributed by atoms with Gasteiger partial charge in [-0.1, -0.05) is 0 Å². The van der Waals surface area contributed by atoms with Gasteiger partial charge in [0.1, 0.15) is 5.82 Å².